The highest BCUT2D eigenvalue weighted by molar-refractivity contribution is 7.17. The summed E-state index contributed by atoms with van der Waals surface area (Å²) in [6.45, 7) is 6.77. The summed E-state index contributed by atoms with van der Waals surface area (Å²) in [4.78, 5) is 26.2. The third-order valence-electron chi connectivity index (χ3n) is 6.00. The Kier molecular flexibility index (Phi) is 5.28. The van der Waals surface area contributed by atoms with Crippen LogP contribution in [-0.4, -0.2) is 16.4 Å². The number of carbonyl (C=O) groups excluding carboxylic acids is 2. The minimum atomic E-state index is -0.472. The van der Waals surface area contributed by atoms with E-state index in [4.69, 9.17) is 5.73 Å². The van der Waals surface area contributed by atoms with Crippen molar-refractivity contribution in [1.29, 1.82) is 0 Å². The molecule has 2 heterocycles. The highest BCUT2D eigenvalue weighted by Gasteiger charge is 2.33. The lowest BCUT2D eigenvalue weighted by Crippen LogP contribution is -2.27. The number of aromatic nitrogens is 1. The Labute approximate surface area is 180 Å². The number of rotatable bonds is 4. The van der Waals surface area contributed by atoms with E-state index in [0.29, 0.717) is 22.0 Å². The van der Waals surface area contributed by atoms with E-state index in [1.807, 2.05) is 41.2 Å². The average molecular weight is 422 g/mol. The minimum absolute atomic E-state index is 0.208. The van der Waals surface area contributed by atoms with Crippen LogP contribution in [0.5, 0.6) is 0 Å². The quantitative estimate of drug-likeness (QED) is 0.619. The van der Waals surface area contributed by atoms with Crippen LogP contribution >= 0.6 is 11.3 Å². The smallest absolute Gasteiger partial charge is 0.256 e. The Hall–Kier alpha value is -2.86. The highest BCUT2D eigenvalue weighted by atomic mass is 32.1. The summed E-state index contributed by atoms with van der Waals surface area (Å²) in [5, 5.41) is 3.52. The molecule has 156 valence electrons. The number of fused-ring (bicyclic) bond motifs is 1. The van der Waals surface area contributed by atoms with E-state index >= 15 is 0 Å². The Bertz CT molecular complexity index is 1070. The molecule has 1 aliphatic rings. The van der Waals surface area contributed by atoms with Gasteiger partial charge in [-0.1, -0.05) is 20.8 Å². The van der Waals surface area contributed by atoms with Gasteiger partial charge in [-0.2, -0.15) is 0 Å². The summed E-state index contributed by atoms with van der Waals surface area (Å²) in [6, 6.07) is 11.3. The molecule has 0 aliphatic heterocycles. The normalized spacial score (nSPS) is 16.2. The van der Waals surface area contributed by atoms with Crippen molar-refractivity contribution in [2.24, 2.45) is 17.1 Å². The van der Waals surface area contributed by atoms with Gasteiger partial charge in [0.05, 0.1) is 5.56 Å². The van der Waals surface area contributed by atoms with Crippen LogP contribution in [0.2, 0.25) is 0 Å². The second-order valence-corrected chi connectivity index (χ2v) is 10.1. The zero-order valence-corrected chi connectivity index (χ0v) is 18.4. The first-order chi connectivity index (χ1) is 14.2. The number of amides is 2. The number of nitrogens with two attached hydrogens (primary N) is 1. The van der Waals surface area contributed by atoms with Gasteiger partial charge in [-0.15, -0.1) is 11.3 Å². The number of primary amides is 1. The number of benzene rings is 1. The first kappa shape index (κ1) is 20.4. The third-order valence-corrected chi connectivity index (χ3v) is 7.17. The second kappa shape index (κ2) is 7.76. The molecule has 0 spiro atoms. The van der Waals surface area contributed by atoms with Gasteiger partial charge in [0, 0.05) is 28.5 Å². The number of nitrogens with zero attached hydrogens (tertiary/aromatic N) is 1. The van der Waals surface area contributed by atoms with Crippen LogP contribution in [0.15, 0.2) is 48.8 Å². The maximum Gasteiger partial charge on any atom is 0.256 e. The summed E-state index contributed by atoms with van der Waals surface area (Å²) >= 11 is 1.50. The molecular weight excluding hydrogens is 394 g/mol. The lowest BCUT2D eigenvalue weighted by molar-refractivity contribution is 0.1000. The molecule has 1 aliphatic carbocycles. The number of anilines is 1. The highest BCUT2D eigenvalue weighted by Crippen LogP contribution is 2.44. The summed E-state index contributed by atoms with van der Waals surface area (Å²) in [5.74, 6) is -0.156. The molecule has 4 rings (SSSR count). The van der Waals surface area contributed by atoms with Crippen molar-refractivity contribution in [3.8, 4) is 5.69 Å². The molecule has 1 unspecified atom stereocenters. The summed E-state index contributed by atoms with van der Waals surface area (Å²) in [7, 11) is 0. The van der Waals surface area contributed by atoms with Crippen molar-refractivity contribution in [1.82, 2.24) is 4.57 Å². The van der Waals surface area contributed by atoms with Crippen LogP contribution in [0.4, 0.5) is 5.00 Å². The van der Waals surface area contributed by atoms with Crippen molar-refractivity contribution < 1.29 is 9.59 Å². The van der Waals surface area contributed by atoms with Crippen molar-refractivity contribution >= 4 is 28.2 Å². The largest absolute Gasteiger partial charge is 0.365 e. The monoisotopic (exact) mass is 421 g/mol. The number of hydrogen-bond donors (Lipinski definition) is 2. The van der Waals surface area contributed by atoms with Crippen LogP contribution in [0.1, 0.15) is 58.3 Å². The molecular formula is C24H27N3O2S. The molecule has 2 aromatic heterocycles. The molecule has 5 nitrogen and oxygen atoms in total. The van der Waals surface area contributed by atoms with Crippen LogP contribution in [-0.2, 0) is 12.8 Å². The molecule has 1 atom stereocenters. The van der Waals surface area contributed by atoms with Gasteiger partial charge in [-0.05, 0) is 72.6 Å². The molecule has 3 N–H and O–H groups in total. The zero-order chi connectivity index (χ0) is 21.5. The summed E-state index contributed by atoms with van der Waals surface area (Å²) < 4.78 is 1.98. The first-order valence-electron chi connectivity index (χ1n) is 10.2. The van der Waals surface area contributed by atoms with Crippen molar-refractivity contribution in [3.63, 3.8) is 0 Å². The van der Waals surface area contributed by atoms with Gasteiger partial charge in [0.2, 0.25) is 0 Å². The van der Waals surface area contributed by atoms with Crippen LogP contribution in [0.25, 0.3) is 5.69 Å². The topological polar surface area (TPSA) is 77.1 Å². The van der Waals surface area contributed by atoms with Crippen molar-refractivity contribution in [3.05, 3.63) is 70.4 Å². The molecule has 0 fully saturated rings. The number of thiophene rings is 1. The molecule has 0 saturated heterocycles. The van der Waals surface area contributed by atoms with Gasteiger partial charge in [-0.25, -0.2) is 0 Å². The van der Waals surface area contributed by atoms with Gasteiger partial charge in [0.1, 0.15) is 5.00 Å². The van der Waals surface area contributed by atoms with E-state index in [1.165, 1.54) is 16.2 Å². The Balaban J connectivity index is 1.58. The maximum atomic E-state index is 12.9. The predicted molar refractivity (Wildman–Crippen MR) is 122 cm³/mol. The van der Waals surface area contributed by atoms with Crippen molar-refractivity contribution in [2.45, 2.75) is 40.0 Å². The van der Waals surface area contributed by atoms with E-state index in [2.05, 4.69) is 26.1 Å². The number of carbonyl (C=O) groups is 2. The van der Waals surface area contributed by atoms with E-state index in [1.54, 1.807) is 12.1 Å². The lowest BCUT2D eigenvalue weighted by atomic mass is 9.72. The number of nitrogens with one attached hydrogen (secondary N) is 1. The van der Waals surface area contributed by atoms with Crippen LogP contribution in [0, 0.1) is 11.3 Å². The van der Waals surface area contributed by atoms with Gasteiger partial charge >= 0.3 is 0 Å². The molecule has 30 heavy (non-hydrogen) atoms. The SMILES string of the molecule is CC(C)(C)C1CCc2c(sc(NC(=O)c3ccc(-n4cccc4)cc3)c2C(N)=O)C1. The van der Waals surface area contributed by atoms with Gasteiger partial charge < -0.3 is 15.6 Å². The first-order valence-corrected chi connectivity index (χ1v) is 11.0. The Morgan fingerprint density at radius 1 is 1.13 bits per heavy atom. The van der Waals surface area contributed by atoms with E-state index in [0.717, 1.165) is 30.5 Å². The number of hydrogen-bond acceptors (Lipinski definition) is 3. The minimum Gasteiger partial charge on any atom is -0.365 e. The summed E-state index contributed by atoms with van der Waals surface area (Å²) in [5.41, 5.74) is 8.94. The maximum absolute atomic E-state index is 12.9. The summed E-state index contributed by atoms with van der Waals surface area (Å²) in [6.07, 6.45) is 6.69. The van der Waals surface area contributed by atoms with E-state index in [-0.39, 0.29) is 11.3 Å². The molecule has 0 radical (unpaired) electrons. The predicted octanol–water partition coefficient (Wildman–Crippen LogP) is 5.04. The van der Waals surface area contributed by atoms with Gasteiger partial charge in [0.25, 0.3) is 11.8 Å². The molecule has 0 saturated carbocycles. The van der Waals surface area contributed by atoms with Gasteiger partial charge in [-0.3, -0.25) is 9.59 Å². The average Bonchev–Trinajstić information content (AvgIpc) is 3.34. The molecule has 0 bridgehead atoms. The molecule has 1 aromatic carbocycles. The Morgan fingerprint density at radius 3 is 2.40 bits per heavy atom. The molecule has 3 aromatic rings. The van der Waals surface area contributed by atoms with Gasteiger partial charge in [0.15, 0.2) is 0 Å². The standard InChI is InChI=1S/C24H27N3O2S/c1-24(2,3)16-8-11-18-19(14-16)30-23(20(18)21(25)28)26-22(29)15-6-9-17(10-7-15)27-12-4-5-13-27/h4-7,9-10,12-13,16H,8,11,14H2,1-3H3,(H2,25,28)(H,26,29). The van der Waals surface area contributed by atoms with E-state index < -0.39 is 5.91 Å². The zero-order valence-electron chi connectivity index (χ0n) is 17.6. The molecule has 6 heteroatoms. The van der Waals surface area contributed by atoms with Crippen molar-refractivity contribution in [2.75, 3.05) is 5.32 Å². The fourth-order valence-electron chi connectivity index (χ4n) is 4.14. The van der Waals surface area contributed by atoms with Crippen LogP contribution < -0.4 is 11.1 Å². The van der Waals surface area contributed by atoms with Crippen LogP contribution in [0.3, 0.4) is 0 Å². The third kappa shape index (κ3) is 3.92. The second-order valence-electron chi connectivity index (χ2n) is 8.97. The molecule has 2 amide bonds. The Morgan fingerprint density at radius 2 is 1.80 bits per heavy atom. The fraction of sp³-hybridized carbons (Fsp3) is 0.333. The van der Waals surface area contributed by atoms with E-state index in [9.17, 15) is 9.59 Å². The fourth-order valence-corrected chi connectivity index (χ4v) is 5.47. The lowest BCUT2D eigenvalue weighted by Gasteiger charge is -2.33.